The van der Waals surface area contributed by atoms with Gasteiger partial charge in [0.15, 0.2) is 0 Å². The lowest BCUT2D eigenvalue weighted by Gasteiger charge is -2.35. The third-order valence-corrected chi connectivity index (χ3v) is 6.45. The van der Waals surface area contributed by atoms with E-state index in [1.165, 1.54) is 6.08 Å². The zero-order valence-corrected chi connectivity index (χ0v) is 20.6. The number of rotatable bonds is 6. The van der Waals surface area contributed by atoms with Crippen LogP contribution in [0.15, 0.2) is 85.6 Å². The molecule has 2 heterocycles. The maximum absolute atomic E-state index is 11.7. The van der Waals surface area contributed by atoms with Crippen molar-refractivity contribution in [2.24, 2.45) is 0 Å². The first-order valence-electron chi connectivity index (χ1n) is 12.2. The number of hydrogen-bond acceptors (Lipinski definition) is 6. The number of nitrogens with one attached hydrogen (secondary N) is 2. The van der Waals surface area contributed by atoms with Crippen LogP contribution in [0.25, 0.3) is 22.0 Å². The van der Waals surface area contributed by atoms with Crippen LogP contribution in [0.1, 0.15) is 6.92 Å². The van der Waals surface area contributed by atoms with Gasteiger partial charge < -0.3 is 20.4 Å². The van der Waals surface area contributed by atoms with Gasteiger partial charge in [0.25, 0.3) is 0 Å². The molecule has 1 aliphatic heterocycles. The third-order valence-electron chi connectivity index (χ3n) is 6.45. The Kier molecular flexibility index (Phi) is 6.81. The minimum atomic E-state index is -0.256. The van der Waals surface area contributed by atoms with Gasteiger partial charge in [0.2, 0.25) is 17.8 Å². The Labute approximate surface area is 215 Å². The summed E-state index contributed by atoms with van der Waals surface area (Å²) in [5.74, 6) is 0.372. The number of nitrogens with zero attached hydrogens (tertiary/aromatic N) is 4. The van der Waals surface area contributed by atoms with Crippen LogP contribution < -0.4 is 15.5 Å². The Morgan fingerprint density at radius 2 is 1.70 bits per heavy atom. The summed E-state index contributed by atoms with van der Waals surface area (Å²) in [7, 11) is 0. The van der Waals surface area contributed by atoms with Crippen molar-refractivity contribution in [3.63, 3.8) is 0 Å². The molecule has 1 saturated heterocycles. The molecule has 1 aliphatic rings. The van der Waals surface area contributed by atoms with Gasteiger partial charge in [-0.2, -0.15) is 0 Å². The van der Waals surface area contributed by atoms with E-state index in [4.69, 9.17) is 4.98 Å². The number of piperazine rings is 1. The number of anilines is 4. The van der Waals surface area contributed by atoms with E-state index < -0.39 is 0 Å². The Morgan fingerprint density at radius 1 is 0.946 bits per heavy atom. The van der Waals surface area contributed by atoms with Gasteiger partial charge in [-0.1, -0.05) is 36.9 Å². The van der Waals surface area contributed by atoms with Gasteiger partial charge in [-0.05, 0) is 48.0 Å². The largest absolute Gasteiger partial charge is 0.368 e. The van der Waals surface area contributed by atoms with E-state index in [0.29, 0.717) is 11.6 Å². The lowest BCUT2D eigenvalue weighted by atomic mass is 10.0. The summed E-state index contributed by atoms with van der Waals surface area (Å²) in [6, 6.07) is 21.8. The molecule has 0 spiro atoms. The highest BCUT2D eigenvalue weighted by Gasteiger charge is 2.18. The van der Waals surface area contributed by atoms with E-state index in [0.717, 1.165) is 59.6 Å². The minimum absolute atomic E-state index is 0.130. The molecule has 8 nitrogen and oxygen atoms in total. The zero-order valence-electron chi connectivity index (χ0n) is 20.6. The number of aromatic nitrogens is 2. The third kappa shape index (κ3) is 5.43. The molecule has 37 heavy (non-hydrogen) atoms. The summed E-state index contributed by atoms with van der Waals surface area (Å²) in [6.07, 6.45) is 3.05. The van der Waals surface area contributed by atoms with E-state index in [2.05, 4.69) is 39.2 Å². The second-order valence-corrected chi connectivity index (χ2v) is 8.88. The number of amides is 2. The maximum Gasteiger partial charge on any atom is 0.247 e. The minimum Gasteiger partial charge on any atom is -0.368 e. The molecule has 0 atom stereocenters. The van der Waals surface area contributed by atoms with Crippen molar-refractivity contribution in [1.82, 2.24) is 14.9 Å². The van der Waals surface area contributed by atoms with Crippen LogP contribution in [0.3, 0.4) is 0 Å². The molecule has 0 saturated carbocycles. The highest BCUT2D eigenvalue weighted by atomic mass is 16.2. The molecule has 4 aromatic rings. The normalized spacial score (nSPS) is 13.3. The lowest BCUT2D eigenvalue weighted by Crippen LogP contribution is -2.48. The summed E-state index contributed by atoms with van der Waals surface area (Å²) < 4.78 is 0. The van der Waals surface area contributed by atoms with Crippen molar-refractivity contribution in [2.75, 3.05) is 41.7 Å². The van der Waals surface area contributed by atoms with Crippen LogP contribution in [-0.4, -0.2) is 52.9 Å². The van der Waals surface area contributed by atoms with Crippen LogP contribution >= 0.6 is 0 Å². The first-order valence-corrected chi connectivity index (χ1v) is 12.2. The molecule has 1 fully saturated rings. The molecule has 3 aromatic carbocycles. The summed E-state index contributed by atoms with van der Waals surface area (Å²) in [4.78, 5) is 36.8. The van der Waals surface area contributed by atoms with E-state index >= 15 is 0 Å². The number of para-hydroxylation sites is 1. The van der Waals surface area contributed by atoms with Crippen LogP contribution in [0.2, 0.25) is 0 Å². The molecule has 186 valence electrons. The molecule has 8 heteroatoms. The smallest absolute Gasteiger partial charge is 0.247 e. The number of carbonyl (C=O) groups is 2. The van der Waals surface area contributed by atoms with Crippen LogP contribution in [-0.2, 0) is 9.59 Å². The van der Waals surface area contributed by atoms with Crippen molar-refractivity contribution in [1.29, 1.82) is 0 Å². The second kappa shape index (κ2) is 10.5. The first kappa shape index (κ1) is 24.0. The average molecular weight is 493 g/mol. The quantitative estimate of drug-likeness (QED) is 0.375. The fraction of sp³-hybridized carbons (Fsp3) is 0.172. The highest BCUT2D eigenvalue weighted by Crippen LogP contribution is 2.30. The Balaban J connectivity index is 1.35. The fourth-order valence-electron chi connectivity index (χ4n) is 4.47. The first-order chi connectivity index (χ1) is 18.0. The lowest BCUT2D eigenvalue weighted by molar-refractivity contribution is -0.129. The fourth-order valence-corrected chi connectivity index (χ4v) is 4.47. The van der Waals surface area contributed by atoms with E-state index in [-0.39, 0.29) is 11.8 Å². The summed E-state index contributed by atoms with van der Waals surface area (Å²) in [6.45, 7) is 8.25. The molecule has 0 unspecified atom stereocenters. The highest BCUT2D eigenvalue weighted by molar-refractivity contribution is 6.00. The number of benzene rings is 3. The molecule has 5 rings (SSSR count). The molecule has 2 N–H and O–H groups in total. The van der Waals surface area contributed by atoms with Gasteiger partial charge in [-0.3, -0.25) is 9.59 Å². The van der Waals surface area contributed by atoms with Crippen LogP contribution in [0, 0.1) is 0 Å². The topological polar surface area (TPSA) is 90.5 Å². The number of carbonyl (C=O) groups excluding carboxylic acids is 2. The van der Waals surface area contributed by atoms with Crippen molar-refractivity contribution in [2.45, 2.75) is 6.92 Å². The Morgan fingerprint density at radius 3 is 2.43 bits per heavy atom. The molecule has 0 bridgehead atoms. The number of hydrogen-bond donors (Lipinski definition) is 2. The second-order valence-electron chi connectivity index (χ2n) is 8.88. The SMILES string of the molecule is C=CC(=O)Nc1cccc(-c2cccc3cnc(Nc4ccc(N5CCN(C(C)=O)CC5)cc4)nc23)c1. The number of fused-ring (bicyclic) bond motifs is 1. The Hall–Kier alpha value is -4.72. The van der Waals surface area contributed by atoms with Crippen molar-refractivity contribution < 1.29 is 9.59 Å². The van der Waals surface area contributed by atoms with Gasteiger partial charge in [0.1, 0.15) is 0 Å². The summed E-state index contributed by atoms with van der Waals surface area (Å²) in [5, 5.41) is 7.04. The van der Waals surface area contributed by atoms with Gasteiger partial charge in [0.05, 0.1) is 5.52 Å². The van der Waals surface area contributed by atoms with Crippen LogP contribution in [0.4, 0.5) is 23.0 Å². The maximum atomic E-state index is 11.7. The molecule has 1 aromatic heterocycles. The van der Waals surface area contributed by atoms with Gasteiger partial charge in [0, 0.05) is 67.3 Å². The molecule has 0 aliphatic carbocycles. The van der Waals surface area contributed by atoms with Gasteiger partial charge >= 0.3 is 0 Å². The predicted octanol–water partition coefficient (Wildman–Crippen LogP) is 4.83. The standard InChI is InChI=1S/C29H28N6O2/c1-3-27(37)31-24-8-4-6-21(18-24)26-9-5-7-22-19-30-29(33-28(22)26)32-23-10-12-25(13-11-23)35-16-14-34(15-17-35)20(2)36/h3-13,18-19H,1,14-17H2,2H3,(H,31,37)(H,30,32,33). The van der Waals surface area contributed by atoms with Crippen molar-refractivity contribution >= 4 is 45.7 Å². The van der Waals surface area contributed by atoms with Crippen molar-refractivity contribution in [3.05, 3.63) is 85.6 Å². The van der Waals surface area contributed by atoms with Crippen LogP contribution in [0.5, 0.6) is 0 Å². The van der Waals surface area contributed by atoms with Crippen molar-refractivity contribution in [3.8, 4) is 11.1 Å². The molecular weight excluding hydrogens is 464 g/mol. The summed E-state index contributed by atoms with van der Waals surface area (Å²) >= 11 is 0. The Bertz CT molecular complexity index is 1460. The van der Waals surface area contributed by atoms with E-state index in [1.807, 2.05) is 59.5 Å². The average Bonchev–Trinajstić information content (AvgIpc) is 2.93. The zero-order chi connectivity index (χ0) is 25.8. The van der Waals surface area contributed by atoms with E-state index in [1.54, 1.807) is 13.1 Å². The monoisotopic (exact) mass is 492 g/mol. The van der Waals surface area contributed by atoms with E-state index in [9.17, 15) is 9.59 Å². The predicted molar refractivity (Wildman–Crippen MR) is 148 cm³/mol. The van der Waals surface area contributed by atoms with Gasteiger partial charge in [-0.25, -0.2) is 9.97 Å². The molecule has 2 amide bonds. The molecular formula is C29H28N6O2. The molecule has 0 radical (unpaired) electrons. The van der Waals surface area contributed by atoms with Gasteiger partial charge in [-0.15, -0.1) is 0 Å². The summed E-state index contributed by atoms with van der Waals surface area (Å²) in [5.41, 5.74) is 5.39.